The first-order valence-electron chi connectivity index (χ1n) is 4.83. The highest BCUT2D eigenvalue weighted by molar-refractivity contribution is 9.10. The number of nitrogens with zero attached hydrogens (tertiary/aromatic N) is 2. The second kappa shape index (κ2) is 5.18. The van der Waals surface area contributed by atoms with Gasteiger partial charge in [-0.1, -0.05) is 0 Å². The number of esters is 1. The first-order valence-corrected chi connectivity index (χ1v) is 6.00. The molecule has 1 rings (SSSR count). The van der Waals surface area contributed by atoms with Gasteiger partial charge in [0.05, 0.1) is 6.20 Å². The van der Waals surface area contributed by atoms with Crippen LogP contribution in [0.2, 0.25) is 5.28 Å². The Labute approximate surface area is 112 Å². The van der Waals surface area contributed by atoms with Gasteiger partial charge in [0.1, 0.15) is 16.6 Å². The molecule has 0 radical (unpaired) electrons. The van der Waals surface area contributed by atoms with E-state index in [0.29, 0.717) is 0 Å². The largest absolute Gasteiger partial charge is 0.459 e. The van der Waals surface area contributed by atoms with Crippen molar-refractivity contribution in [3.8, 4) is 0 Å². The summed E-state index contributed by atoms with van der Waals surface area (Å²) >= 11 is 8.77. The van der Waals surface area contributed by atoms with Crippen LogP contribution in [-0.4, -0.2) is 21.1 Å². The van der Waals surface area contributed by atoms with Crippen LogP contribution >= 0.6 is 27.5 Å². The van der Waals surface area contributed by atoms with Gasteiger partial charge < -0.3 is 4.74 Å². The molecule has 0 fully saturated rings. The Morgan fingerprint density at radius 2 is 2.18 bits per heavy atom. The number of ether oxygens (including phenoxy) is 1. The Morgan fingerprint density at radius 3 is 2.71 bits per heavy atom. The maximum absolute atomic E-state index is 11.7. The van der Waals surface area contributed by atoms with Crippen LogP contribution in [0.3, 0.4) is 0 Å². The van der Waals surface area contributed by atoms with Crippen molar-refractivity contribution in [1.82, 2.24) is 9.55 Å². The predicted molar refractivity (Wildman–Crippen MR) is 67.1 cm³/mol. The van der Waals surface area contributed by atoms with Gasteiger partial charge in [-0.3, -0.25) is 14.2 Å². The highest BCUT2D eigenvalue weighted by Crippen LogP contribution is 2.10. The van der Waals surface area contributed by atoms with E-state index in [0.717, 1.165) is 4.57 Å². The number of carbonyl (C=O) groups is 1. The molecule has 0 aliphatic carbocycles. The number of hydrogen-bond acceptors (Lipinski definition) is 4. The lowest BCUT2D eigenvalue weighted by Gasteiger charge is -2.19. The van der Waals surface area contributed by atoms with E-state index in [2.05, 4.69) is 20.9 Å². The van der Waals surface area contributed by atoms with E-state index in [1.807, 2.05) is 0 Å². The number of rotatable bonds is 2. The average molecular weight is 324 g/mol. The second-order valence-corrected chi connectivity index (χ2v) is 5.55. The van der Waals surface area contributed by atoms with Crippen LogP contribution in [0.25, 0.3) is 0 Å². The zero-order valence-corrected chi connectivity index (χ0v) is 12.0. The van der Waals surface area contributed by atoms with Gasteiger partial charge in [-0.25, -0.2) is 4.98 Å². The van der Waals surface area contributed by atoms with Crippen LogP contribution in [0.4, 0.5) is 0 Å². The van der Waals surface area contributed by atoms with Gasteiger partial charge in [-0.2, -0.15) is 0 Å². The standard InChI is InChI=1S/C10H12BrClN2O3/c1-10(2,3)17-7(15)5-14-8(16)6(11)4-13-9(14)12/h4H,5H2,1-3H3. The summed E-state index contributed by atoms with van der Waals surface area (Å²) < 4.78 is 6.37. The zero-order valence-electron chi connectivity index (χ0n) is 9.66. The van der Waals surface area contributed by atoms with Crippen LogP contribution in [0.15, 0.2) is 15.5 Å². The Bertz CT molecular complexity index is 493. The topological polar surface area (TPSA) is 61.2 Å². The average Bonchev–Trinajstić information content (AvgIpc) is 2.16. The minimum absolute atomic E-state index is 0.0518. The van der Waals surface area contributed by atoms with E-state index in [1.165, 1.54) is 6.20 Å². The summed E-state index contributed by atoms with van der Waals surface area (Å²) in [4.78, 5) is 27.0. The van der Waals surface area contributed by atoms with E-state index in [1.54, 1.807) is 20.8 Å². The van der Waals surface area contributed by atoms with E-state index >= 15 is 0 Å². The van der Waals surface area contributed by atoms with E-state index in [4.69, 9.17) is 16.3 Å². The Hall–Kier alpha value is -0.880. The van der Waals surface area contributed by atoms with Crippen molar-refractivity contribution in [2.24, 2.45) is 0 Å². The predicted octanol–water partition coefficient (Wildman–Crippen LogP) is 2.00. The lowest BCUT2D eigenvalue weighted by molar-refractivity contribution is -0.155. The fourth-order valence-corrected chi connectivity index (χ4v) is 1.59. The summed E-state index contributed by atoms with van der Waals surface area (Å²) in [6.07, 6.45) is 1.29. The van der Waals surface area contributed by atoms with Crippen molar-refractivity contribution in [3.63, 3.8) is 0 Å². The Kier molecular flexibility index (Phi) is 4.32. The third-order valence-corrected chi connectivity index (χ3v) is 2.51. The molecule has 1 heterocycles. The maximum Gasteiger partial charge on any atom is 0.326 e. The third-order valence-electron chi connectivity index (χ3n) is 1.66. The summed E-state index contributed by atoms with van der Waals surface area (Å²) in [5.74, 6) is -0.540. The molecule has 0 unspecified atom stereocenters. The number of hydrogen-bond donors (Lipinski definition) is 0. The van der Waals surface area contributed by atoms with E-state index < -0.39 is 17.1 Å². The molecule has 0 aliphatic rings. The van der Waals surface area contributed by atoms with Crippen LogP contribution in [0.5, 0.6) is 0 Å². The molecule has 0 aromatic carbocycles. The number of carbonyl (C=O) groups excluding carboxylic acids is 1. The van der Waals surface area contributed by atoms with Crippen molar-refractivity contribution in [1.29, 1.82) is 0 Å². The highest BCUT2D eigenvalue weighted by Gasteiger charge is 2.18. The molecule has 94 valence electrons. The molecule has 5 nitrogen and oxygen atoms in total. The summed E-state index contributed by atoms with van der Waals surface area (Å²) in [5.41, 5.74) is -1.03. The van der Waals surface area contributed by atoms with Gasteiger partial charge in [0.2, 0.25) is 5.28 Å². The molecule has 17 heavy (non-hydrogen) atoms. The molecule has 0 saturated carbocycles. The van der Waals surface area contributed by atoms with Gasteiger partial charge in [0, 0.05) is 0 Å². The molecule has 0 spiro atoms. The fraction of sp³-hybridized carbons (Fsp3) is 0.500. The van der Waals surface area contributed by atoms with Crippen molar-refractivity contribution in [2.75, 3.05) is 0 Å². The molecule has 0 bridgehead atoms. The Morgan fingerprint density at radius 1 is 1.59 bits per heavy atom. The van der Waals surface area contributed by atoms with E-state index in [-0.39, 0.29) is 16.3 Å². The van der Waals surface area contributed by atoms with Gasteiger partial charge in [-0.05, 0) is 48.3 Å². The first-order chi connectivity index (χ1) is 7.70. The molecule has 1 aromatic heterocycles. The fourth-order valence-electron chi connectivity index (χ4n) is 1.09. The molecule has 0 saturated heterocycles. The third kappa shape index (κ3) is 4.12. The van der Waals surface area contributed by atoms with Crippen molar-refractivity contribution < 1.29 is 9.53 Å². The van der Waals surface area contributed by atoms with E-state index in [9.17, 15) is 9.59 Å². The first kappa shape index (κ1) is 14.2. The van der Waals surface area contributed by atoms with Crippen LogP contribution in [0, 0.1) is 0 Å². The Balaban J connectivity index is 2.93. The lowest BCUT2D eigenvalue weighted by atomic mass is 10.2. The van der Waals surface area contributed by atoms with Crippen molar-refractivity contribution >= 4 is 33.5 Å². The molecule has 7 heteroatoms. The summed E-state index contributed by atoms with van der Waals surface area (Å²) in [6, 6.07) is 0. The van der Waals surface area contributed by atoms with Crippen LogP contribution < -0.4 is 5.56 Å². The smallest absolute Gasteiger partial charge is 0.326 e. The molecule has 0 amide bonds. The van der Waals surface area contributed by atoms with Gasteiger partial charge in [-0.15, -0.1) is 0 Å². The molecule has 0 N–H and O–H groups in total. The molecular weight excluding hydrogens is 311 g/mol. The van der Waals surface area contributed by atoms with Crippen molar-refractivity contribution in [2.45, 2.75) is 32.9 Å². The zero-order chi connectivity index (χ0) is 13.2. The summed E-state index contributed by atoms with van der Waals surface area (Å²) in [7, 11) is 0. The quantitative estimate of drug-likeness (QED) is 0.617. The van der Waals surface area contributed by atoms with Gasteiger partial charge in [0.15, 0.2) is 0 Å². The summed E-state index contributed by atoms with van der Waals surface area (Å²) in [5, 5.41) is -0.0518. The normalized spacial score (nSPS) is 11.4. The highest BCUT2D eigenvalue weighted by atomic mass is 79.9. The number of halogens is 2. The SMILES string of the molecule is CC(C)(C)OC(=O)Cn1c(Cl)ncc(Br)c1=O. The summed E-state index contributed by atoms with van der Waals surface area (Å²) in [6.45, 7) is 4.97. The van der Waals surface area contributed by atoms with Gasteiger partial charge >= 0.3 is 5.97 Å². The van der Waals surface area contributed by atoms with Gasteiger partial charge in [0.25, 0.3) is 5.56 Å². The minimum Gasteiger partial charge on any atom is -0.459 e. The molecular formula is C10H12BrClN2O3. The lowest BCUT2D eigenvalue weighted by Crippen LogP contribution is -2.31. The second-order valence-electron chi connectivity index (χ2n) is 4.35. The van der Waals surface area contributed by atoms with Crippen LogP contribution in [-0.2, 0) is 16.1 Å². The minimum atomic E-state index is -0.605. The monoisotopic (exact) mass is 322 g/mol. The maximum atomic E-state index is 11.7. The number of aromatic nitrogens is 2. The molecule has 1 aromatic rings. The van der Waals surface area contributed by atoms with Crippen molar-refractivity contribution in [3.05, 3.63) is 26.3 Å². The van der Waals surface area contributed by atoms with Crippen LogP contribution in [0.1, 0.15) is 20.8 Å². The molecule has 0 aliphatic heterocycles. The molecule has 0 atom stereocenters.